The summed E-state index contributed by atoms with van der Waals surface area (Å²) in [7, 11) is 3.63. The first-order valence-electron chi connectivity index (χ1n) is 9.14. The van der Waals surface area contributed by atoms with E-state index in [1.54, 1.807) is 35.0 Å². The van der Waals surface area contributed by atoms with Gasteiger partial charge in [0.2, 0.25) is 0 Å². The van der Waals surface area contributed by atoms with Gasteiger partial charge < -0.3 is 15.4 Å². The first-order valence-corrected chi connectivity index (χ1v) is 9.52. The molecule has 2 aromatic carbocycles. The van der Waals surface area contributed by atoms with E-state index in [0.717, 1.165) is 33.1 Å². The Bertz CT molecular complexity index is 1300. The van der Waals surface area contributed by atoms with Gasteiger partial charge in [-0.05, 0) is 30.3 Å². The Labute approximate surface area is 171 Å². The van der Waals surface area contributed by atoms with Crippen LogP contribution in [0, 0.1) is 0 Å². The first-order chi connectivity index (χ1) is 13.9. The topological polar surface area (TPSA) is 86.3 Å². The van der Waals surface area contributed by atoms with Crippen LogP contribution in [0.5, 0.6) is 5.75 Å². The number of nitrogen functional groups attached to an aromatic ring is 1. The number of carbonyl (C=O) groups excluding carboxylic acids is 1. The molecule has 3 heterocycles. The number of benzene rings is 2. The van der Waals surface area contributed by atoms with Crippen LogP contribution in [0.2, 0.25) is 5.02 Å². The third-order valence-electron chi connectivity index (χ3n) is 5.47. The normalized spacial score (nSPS) is 15.5. The number of hydrogen-bond acceptors (Lipinski definition) is 5. The van der Waals surface area contributed by atoms with Gasteiger partial charge in [-0.2, -0.15) is 5.10 Å². The van der Waals surface area contributed by atoms with Crippen LogP contribution in [0.1, 0.15) is 22.0 Å². The minimum absolute atomic E-state index is 0.101. The van der Waals surface area contributed by atoms with Gasteiger partial charge in [0.15, 0.2) is 0 Å². The fourth-order valence-corrected chi connectivity index (χ4v) is 4.09. The predicted octanol–water partition coefficient (Wildman–Crippen LogP) is 3.56. The molecule has 5 rings (SSSR count). The van der Waals surface area contributed by atoms with E-state index in [-0.39, 0.29) is 11.9 Å². The molecule has 1 atom stereocenters. The van der Waals surface area contributed by atoms with Crippen LogP contribution in [0.25, 0.3) is 21.8 Å². The number of likely N-dealkylation sites (N-methyl/N-ethyl adjacent to an activating group) is 1. The van der Waals surface area contributed by atoms with Crippen molar-refractivity contribution in [3.8, 4) is 5.75 Å². The van der Waals surface area contributed by atoms with Crippen LogP contribution in [-0.4, -0.2) is 39.2 Å². The highest BCUT2D eigenvalue weighted by Crippen LogP contribution is 2.38. The standard InChI is InChI=1S/C21H18ClN5O2/c1-26(17-10-29-18-8-12(22)4-5-13(17)18)21(28)11-3-6-16-14(7-11)19-15(20(23)25-16)9-24-27(19)2/h3-9,17H,10H2,1-2H3,(H2,23,25)/t17-/m1/s1. The van der Waals surface area contributed by atoms with Gasteiger partial charge in [0.1, 0.15) is 18.2 Å². The maximum atomic E-state index is 13.3. The molecule has 2 aromatic heterocycles. The van der Waals surface area contributed by atoms with Crippen molar-refractivity contribution in [1.82, 2.24) is 19.7 Å². The number of ether oxygens (including phenoxy) is 1. The number of pyridine rings is 1. The second-order valence-electron chi connectivity index (χ2n) is 7.18. The minimum atomic E-state index is -0.174. The molecule has 7 nitrogen and oxygen atoms in total. The molecule has 0 unspecified atom stereocenters. The molecule has 146 valence electrons. The van der Waals surface area contributed by atoms with Gasteiger partial charge in [-0.1, -0.05) is 17.7 Å². The average Bonchev–Trinajstić information content (AvgIpc) is 3.30. The smallest absolute Gasteiger partial charge is 0.254 e. The van der Waals surface area contributed by atoms with Crippen molar-refractivity contribution in [2.24, 2.45) is 7.05 Å². The van der Waals surface area contributed by atoms with Gasteiger partial charge in [-0.25, -0.2) is 4.98 Å². The molecule has 0 bridgehead atoms. The van der Waals surface area contributed by atoms with Crippen molar-refractivity contribution < 1.29 is 9.53 Å². The Hall–Kier alpha value is -3.32. The first kappa shape index (κ1) is 17.8. The molecular formula is C21H18ClN5O2. The molecule has 0 fully saturated rings. The van der Waals surface area contributed by atoms with E-state index in [1.165, 1.54) is 0 Å². The molecule has 29 heavy (non-hydrogen) atoms. The quantitative estimate of drug-likeness (QED) is 0.549. The summed E-state index contributed by atoms with van der Waals surface area (Å²) in [4.78, 5) is 19.4. The number of hydrogen-bond donors (Lipinski definition) is 1. The van der Waals surface area contributed by atoms with E-state index in [4.69, 9.17) is 22.1 Å². The largest absolute Gasteiger partial charge is 0.491 e. The maximum absolute atomic E-state index is 13.3. The van der Waals surface area contributed by atoms with Crippen molar-refractivity contribution in [2.75, 3.05) is 19.4 Å². The number of nitrogens with zero attached hydrogens (tertiary/aromatic N) is 4. The van der Waals surface area contributed by atoms with Crippen molar-refractivity contribution in [3.05, 3.63) is 58.7 Å². The van der Waals surface area contributed by atoms with E-state index in [9.17, 15) is 4.79 Å². The molecule has 1 aliphatic rings. The molecular weight excluding hydrogens is 390 g/mol. The molecule has 4 aromatic rings. The highest BCUT2D eigenvalue weighted by Gasteiger charge is 2.31. The lowest BCUT2D eigenvalue weighted by Gasteiger charge is -2.24. The zero-order valence-corrected chi connectivity index (χ0v) is 16.6. The van der Waals surface area contributed by atoms with Crippen LogP contribution < -0.4 is 10.5 Å². The number of amides is 1. The van der Waals surface area contributed by atoms with Crippen molar-refractivity contribution in [3.63, 3.8) is 0 Å². The number of fused-ring (bicyclic) bond motifs is 4. The van der Waals surface area contributed by atoms with E-state index in [1.807, 2.05) is 31.3 Å². The van der Waals surface area contributed by atoms with Crippen molar-refractivity contribution >= 4 is 45.1 Å². The van der Waals surface area contributed by atoms with Crippen molar-refractivity contribution in [2.45, 2.75) is 6.04 Å². The second-order valence-corrected chi connectivity index (χ2v) is 7.62. The number of aryl methyl sites for hydroxylation is 1. The lowest BCUT2D eigenvalue weighted by molar-refractivity contribution is 0.0708. The van der Waals surface area contributed by atoms with Gasteiger partial charge in [0.05, 0.1) is 28.7 Å². The van der Waals surface area contributed by atoms with Crippen LogP contribution >= 0.6 is 11.6 Å². The number of halogens is 1. The number of aromatic nitrogens is 3. The van der Waals surface area contributed by atoms with Crippen LogP contribution in [0.3, 0.4) is 0 Å². The van der Waals surface area contributed by atoms with E-state index in [0.29, 0.717) is 23.0 Å². The number of anilines is 1. The van der Waals surface area contributed by atoms with Crippen LogP contribution in [-0.2, 0) is 7.05 Å². The fraction of sp³-hybridized carbons (Fsp3) is 0.190. The maximum Gasteiger partial charge on any atom is 0.254 e. The van der Waals surface area contributed by atoms with Gasteiger partial charge in [0.25, 0.3) is 5.91 Å². The molecule has 0 saturated heterocycles. The van der Waals surface area contributed by atoms with E-state index >= 15 is 0 Å². The summed E-state index contributed by atoms with van der Waals surface area (Å²) in [6.07, 6.45) is 1.69. The van der Waals surface area contributed by atoms with Gasteiger partial charge in [-0.3, -0.25) is 9.48 Å². The van der Waals surface area contributed by atoms with Gasteiger partial charge >= 0.3 is 0 Å². The fourth-order valence-electron chi connectivity index (χ4n) is 3.92. The lowest BCUT2D eigenvalue weighted by Crippen LogP contribution is -2.32. The van der Waals surface area contributed by atoms with E-state index in [2.05, 4.69) is 10.1 Å². The molecule has 1 amide bonds. The molecule has 0 aliphatic carbocycles. The molecule has 2 N–H and O–H groups in total. The monoisotopic (exact) mass is 407 g/mol. The Morgan fingerprint density at radius 2 is 2.10 bits per heavy atom. The highest BCUT2D eigenvalue weighted by molar-refractivity contribution is 6.30. The lowest BCUT2D eigenvalue weighted by atomic mass is 10.0. The molecule has 0 saturated carbocycles. The third kappa shape index (κ3) is 2.69. The Morgan fingerprint density at radius 1 is 1.28 bits per heavy atom. The molecule has 1 aliphatic heterocycles. The zero-order chi connectivity index (χ0) is 20.3. The summed E-state index contributed by atoms with van der Waals surface area (Å²) in [5.74, 6) is 1.04. The summed E-state index contributed by atoms with van der Waals surface area (Å²) in [6.45, 7) is 0.398. The Morgan fingerprint density at radius 3 is 2.93 bits per heavy atom. The van der Waals surface area contributed by atoms with Gasteiger partial charge in [0, 0.05) is 35.6 Å². The predicted molar refractivity (Wildman–Crippen MR) is 112 cm³/mol. The highest BCUT2D eigenvalue weighted by atomic mass is 35.5. The molecule has 0 radical (unpaired) electrons. The number of carbonyl (C=O) groups is 1. The average molecular weight is 408 g/mol. The van der Waals surface area contributed by atoms with Crippen LogP contribution in [0.15, 0.2) is 42.6 Å². The molecule has 8 heteroatoms. The third-order valence-corrected chi connectivity index (χ3v) is 5.71. The van der Waals surface area contributed by atoms with Gasteiger partial charge in [-0.15, -0.1) is 0 Å². The van der Waals surface area contributed by atoms with E-state index < -0.39 is 0 Å². The number of nitrogens with two attached hydrogens (primary N) is 1. The molecule has 0 spiro atoms. The zero-order valence-electron chi connectivity index (χ0n) is 15.9. The van der Waals surface area contributed by atoms with Crippen LogP contribution in [0.4, 0.5) is 5.82 Å². The second kappa shape index (κ2) is 6.35. The number of rotatable bonds is 2. The minimum Gasteiger partial charge on any atom is -0.491 e. The van der Waals surface area contributed by atoms with Crippen molar-refractivity contribution in [1.29, 1.82) is 0 Å². The summed E-state index contributed by atoms with van der Waals surface area (Å²) in [6, 6.07) is 10.8. The Kier molecular flexibility index (Phi) is 3.89. The Balaban J connectivity index is 1.56. The summed E-state index contributed by atoms with van der Waals surface area (Å²) < 4.78 is 7.48. The summed E-state index contributed by atoms with van der Waals surface area (Å²) in [5.41, 5.74) is 9.16. The summed E-state index contributed by atoms with van der Waals surface area (Å²) >= 11 is 6.04. The summed E-state index contributed by atoms with van der Waals surface area (Å²) in [5, 5.41) is 6.50. The SMILES string of the molecule is CN(C(=O)c1ccc2nc(N)c3cnn(C)c3c2c1)[C@@H]1COc2cc(Cl)ccc21.